The van der Waals surface area contributed by atoms with E-state index in [9.17, 15) is 9.59 Å². The van der Waals surface area contributed by atoms with Crippen molar-refractivity contribution in [1.82, 2.24) is 0 Å². The standard InChI is InChI=1S/C18H16Cl2N2O2/c1-11-3-6-15(10-17(11)21-12(2)23)22-18(24)8-4-13-9-14(19)5-7-16(13)20/h3-10H,1-2H3,(H,21,23)(H,22,24)/b8-4+. The van der Waals surface area contributed by atoms with Gasteiger partial charge in [-0.15, -0.1) is 0 Å². The van der Waals surface area contributed by atoms with E-state index in [0.29, 0.717) is 27.0 Å². The maximum absolute atomic E-state index is 12.0. The van der Waals surface area contributed by atoms with Crippen LogP contribution in [0.1, 0.15) is 18.1 Å². The Balaban J connectivity index is 2.11. The Kier molecular flexibility index (Phi) is 6.01. The van der Waals surface area contributed by atoms with Crippen LogP contribution in [0, 0.1) is 6.92 Å². The molecule has 2 amide bonds. The summed E-state index contributed by atoms with van der Waals surface area (Å²) in [6.07, 6.45) is 2.96. The van der Waals surface area contributed by atoms with Crippen LogP contribution in [-0.4, -0.2) is 11.8 Å². The van der Waals surface area contributed by atoms with E-state index in [1.165, 1.54) is 13.0 Å². The number of carbonyl (C=O) groups excluding carboxylic acids is 2. The molecule has 0 aliphatic rings. The average molecular weight is 363 g/mol. The van der Waals surface area contributed by atoms with Crippen molar-refractivity contribution >= 4 is 52.5 Å². The van der Waals surface area contributed by atoms with Gasteiger partial charge in [-0.1, -0.05) is 29.3 Å². The minimum Gasteiger partial charge on any atom is -0.326 e. The molecular weight excluding hydrogens is 347 g/mol. The molecule has 0 heterocycles. The molecule has 2 rings (SSSR count). The molecule has 0 atom stereocenters. The van der Waals surface area contributed by atoms with Crippen LogP contribution < -0.4 is 10.6 Å². The molecule has 4 nitrogen and oxygen atoms in total. The third-order valence-corrected chi connectivity index (χ3v) is 3.77. The Morgan fingerprint density at radius 3 is 2.50 bits per heavy atom. The van der Waals surface area contributed by atoms with Crippen molar-refractivity contribution in [2.24, 2.45) is 0 Å². The fourth-order valence-electron chi connectivity index (χ4n) is 2.02. The summed E-state index contributed by atoms with van der Waals surface area (Å²) in [5, 5.41) is 6.50. The molecule has 0 fully saturated rings. The summed E-state index contributed by atoms with van der Waals surface area (Å²) in [6, 6.07) is 10.3. The molecular formula is C18H16Cl2N2O2. The average Bonchev–Trinajstić information content (AvgIpc) is 2.51. The van der Waals surface area contributed by atoms with Crippen LogP contribution in [0.25, 0.3) is 6.08 Å². The first-order valence-corrected chi connectivity index (χ1v) is 7.93. The van der Waals surface area contributed by atoms with Crippen molar-refractivity contribution in [3.8, 4) is 0 Å². The van der Waals surface area contributed by atoms with Crippen molar-refractivity contribution < 1.29 is 9.59 Å². The van der Waals surface area contributed by atoms with Gasteiger partial charge < -0.3 is 10.6 Å². The number of anilines is 2. The number of hydrogen-bond donors (Lipinski definition) is 2. The first kappa shape index (κ1) is 18.0. The smallest absolute Gasteiger partial charge is 0.248 e. The predicted molar refractivity (Wildman–Crippen MR) is 99.6 cm³/mol. The van der Waals surface area contributed by atoms with E-state index in [1.54, 1.807) is 36.4 Å². The number of nitrogens with one attached hydrogen (secondary N) is 2. The summed E-state index contributed by atoms with van der Waals surface area (Å²) in [5.74, 6) is -0.485. The summed E-state index contributed by atoms with van der Waals surface area (Å²) in [7, 11) is 0. The van der Waals surface area contributed by atoms with Gasteiger partial charge >= 0.3 is 0 Å². The lowest BCUT2D eigenvalue weighted by Gasteiger charge is -2.09. The fourth-order valence-corrected chi connectivity index (χ4v) is 2.38. The van der Waals surface area contributed by atoms with Crippen LogP contribution in [0.5, 0.6) is 0 Å². The molecule has 0 aliphatic heterocycles. The molecule has 0 radical (unpaired) electrons. The molecule has 2 aromatic rings. The number of carbonyl (C=O) groups is 2. The number of benzene rings is 2. The molecule has 124 valence electrons. The molecule has 0 unspecified atom stereocenters. The van der Waals surface area contributed by atoms with Crippen LogP contribution in [0.3, 0.4) is 0 Å². The van der Waals surface area contributed by atoms with Crippen molar-refractivity contribution in [2.45, 2.75) is 13.8 Å². The summed E-state index contributed by atoms with van der Waals surface area (Å²) in [4.78, 5) is 23.2. The second kappa shape index (κ2) is 7.99. The highest BCUT2D eigenvalue weighted by Crippen LogP contribution is 2.22. The zero-order chi connectivity index (χ0) is 17.7. The van der Waals surface area contributed by atoms with Crippen molar-refractivity contribution in [1.29, 1.82) is 0 Å². The minimum absolute atomic E-state index is 0.169. The quantitative estimate of drug-likeness (QED) is 0.758. The molecule has 0 bridgehead atoms. The van der Waals surface area contributed by atoms with Gasteiger partial charge in [0.15, 0.2) is 0 Å². The zero-order valence-electron chi connectivity index (χ0n) is 13.2. The normalized spacial score (nSPS) is 10.7. The van der Waals surface area contributed by atoms with Gasteiger partial charge in [-0.05, 0) is 54.5 Å². The third kappa shape index (κ3) is 5.11. The number of amides is 2. The first-order valence-electron chi connectivity index (χ1n) is 7.17. The van der Waals surface area contributed by atoms with Gasteiger partial charge in [0.05, 0.1) is 0 Å². The van der Waals surface area contributed by atoms with Crippen LogP contribution in [-0.2, 0) is 9.59 Å². The molecule has 2 N–H and O–H groups in total. The summed E-state index contributed by atoms with van der Waals surface area (Å²) >= 11 is 12.0. The summed E-state index contributed by atoms with van der Waals surface area (Å²) in [6.45, 7) is 3.31. The number of aryl methyl sites for hydroxylation is 1. The Morgan fingerprint density at radius 2 is 1.79 bits per heavy atom. The Morgan fingerprint density at radius 1 is 1.04 bits per heavy atom. The molecule has 0 spiro atoms. The maximum Gasteiger partial charge on any atom is 0.248 e. The summed E-state index contributed by atoms with van der Waals surface area (Å²) < 4.78 is 0. The van der Waals surface area contributed by atoms with Crippen molar-refractivity contribution in [2.75, 3.05) is 10.6 Å². The summed E-state index contributed by atoms with van der Waals surface area (Å²) in [5.41, 5.74) is 2.80. The topological polar surface area (TPSA) is 58.2 Å². The number of rotatable bonds is 4. The van der Waals surface area contributed by atoms with E-state index in [1.807, 2.05) is 13.0 Å². The first-order chi connectivity index (χ1) is 11.3. The third-order valence-electron chi connectivity index (χ3n) is 3.19. The lowest BCUT2D eigenvalue weighted by atomic mass is 10.1. The molecule has 6 heteroatoms. The maximum atomic E-state index is 12.0. The molecule has 0 saturated carbocycles. The van der Waals surface area contributed by atoms with Gasteiger partial charge in [-0.2, -0.15) is 0 Å². The highest BCUT2D eigenvalue weighted by Gasteiger charge is 2.05. The predicted octanol–water partition coefficient (Wildman–Crippen LogP) is 4.91. The van der Waals surface area contributed by atoms with Gasteiger partial charge in [0.25, 0.3) is 0 Å². The monoisotopic (exact) mass is 362 g/mol. The van der Waals surface area contributed by atoms with Gasteiger partial charge in [-0.3, -0.25) is 9.59 Å². The lowest BCUT2D eigenvalue weighted by Crippen LogP contribution is -2.10. The van der Waals surface area contributed by atoms with Gasteiger partial charge in [0.2, 0.25) is 11.8 Å². The van der Waals surface area contributed by atoms with E-state index in [0.717, 1.165) is 5.56 Å². The second-order valence-electron chi connectivity index (χ2n) is 5.20. The van der Waals surface area contributed by atoms with Crippen molar-refractivity contribution in [3.63, 3.8) is 0 Å². The van der Waals surface area contributed by atoms with Crippen LogP contribution in [0.2, 0.25) is 10.0 Å². The van der Waals surface area contributed by atoms with Gasteiger partial charge in [0.1, 0.15) is 0 Å². The van der Waals surface area contributed by atoms with Crippen molar-refractivity contribution in [3.05, 3.63) is 63.6 Å². The highest BCUT2D eigenvalue weighted by molar-refractivity contribution is 6.34. The minimum atomic E-state index is -0.316. The van der Waals surface area contributed by atoms with E-state index < -0.39 is 0 Å². The van der Waals surface area contributed by atoms with E-state index in [4.69, 9.17) is 23.2 Å². The van der Waals surface area contributed by atoms with E-state index in [-0.39, 0.29) is 11.8 Å². The van der Waals surface area contributed by atoms with Crippen LogP contribution in [0.4, 0.5) is 11.4 Å². The lowest BCUT2D eigenvalue weighted by molar-refractivity contribution is -0.114. The molecule has 0 saturated heterocycles. The SMILES string of the molecule is CC(=O)Nc1cc(NC(=O)/C=C/c2cc(Cl)ccc2Cl)ccc1C. The molecule has 0 aromatic heterocycles. The largest absolute Gasteiger partial charge is 0.326 e. The van der Waals surface area contributed by atoms with Crippen LogP contribution in [0.15, 0.2) is 42.5 Å². The molecule has 24 heavy (non-hydrogen) atoms. The Hall–Kier alpha value is -2.30. The van der Waals surface area contributed by atoms with E-state index >= 15 is 0 Å². The van der Waals surface area contributed by atoms with E-state index in [2.05, 4.69) is 10.6 Å². The number of hydrogen-bond acceptors (Lipinski definition) is 2. The molecule has 2 aromatic carbocycles. The van der Waals surface area contributed by atoms with Crippen LogP contribution >= 0.6 is 23.2 Å². The Bertz CT molecular complexity index is 817. The highest BCUT2D eigenvalue weighted by atomic mass is 35.5. The van der Waals surface area contributed by atoms with Gasteiger partial charge in [0, 0.05) is 34.4 Å². The molecule has 0 aliphatic carbocycles. The second-order valence-corrected chi connectivity index (χ2v) is 6.04. The zero-order valence-corrected chi connectivity index (χ0v) is 14.7. The number of halogens is 2. The van der Waals surface area contributed by atoms with Gasteiger partial charge in [-0.25, -0.2) is 0 Å². The fraction of sp³-hybridized carbons (Fsp3) is 0.111. The Labute approximate surface area is 150 Å².